The van der Waals surface area contributed by atoms with E-state index < -0.39 is 5.91 Å². The Bertz CT molecular complexity index is 1310. The lowest BCUT2D eigenvalue weighted by Crippen LogP contribution is -2.35. The Balaban J connectivity index is 1.21. The zero-order valence-electron chi connectivity index (χ0n) is 18.2. The summed E-state index contributed by atoms with van der Waals surface area (Å²) in [4.78, 5) is 17.7. The number of nitrogens with zero attached hydrogens (tertiary/aromatic N) is 3. The zero-order chi connectivity index (χ0) is 23.5. The number of hydrogen-bond acceptors (Lipinski definition) is 7. The topological polar surface area (TPSA) is 87.3 Å². The van der Waals surface area contributed by atoms with Gasteiger partial charge in [0.05, 0.1) is 10.5 Å². The molecule has 0 atom stereocenters. The Morgan fingerprint density at radius 1 is 1.00 bits per heavy atom. The maximum Gasteiger partial charge on any atom is 0.283 e. The van der Waals surface area contributed by atoms with Gasteiger partial charge in [0.2, 0.25) is 5.17 Å². The minimum atomic E-state index is -0.444. The molecule has 3 heterocycles. The summed E-state index contributed by atoms with van der Waals surface area (Å²) in [7, 11) is 0. The number of carbonyl (C=O) groups is 1. The van der Waals surface area contributed by atoms with Crippen LogP contribution in [-0.2, 0) is 4.79 Å². The second kappa shape index (κ2) is 9.66. The lowest BCUT2D eigenvalue weighted by atomic mass is 10.1. The summed E-state index contributed by atoms with van der Waals surface area (Å²) >= 11 is 2.85. The number of amidine groups is 2. The van der Waals surface area contributed by atoms with E-state index in [1.165, 1.54) is 22.3 Å². The quantitative estimate of drug-likeness (QED) is 0.366. The molecule has 0 aliphatic carbocycles. The van der Waals surface area contributed by atoms with Crippen LogP contribution in [0, 0.1) is 12.3 Å². The highest BCUT2D eigenvalue weighted by atomic mass is 32.2. The van der Waals surface area contributed by atoms with Crippen LogP contribution in [0.15, 0.2) is 81.7 Å². The molecular weight excluding hydrogens is 468 g/mol. The first-order valence-corrected chi connectivity index (χ1v) is 12.2. The predicted molar refractivity (Wildman–Crippen MR) is 137 cm³/mol. The summed E-state index contributed by atoms with van der Waals surface area (Å²) in [5, 5.41) is 17.5. The van der Waals surface area contributed by atoms with E-state index in [0.717, 1.165) is 21.2 Å². The Kier molecular flexibility index (Phi) is 6.29. The van der Waals surface area contributed by atoms with Gasteiger partial charge in [-0.05, 0) is 66.0 Å². The highest BCUT2D eigenvalue weighted by Crippen LogP contribution is 2.32. The minimum Gasteiger partial charge on any atom is -0.490 e. The number of benzene rings is 2. The van der Waals surface area contributed by atoms with Crippen molar-refractivity contribution in [3.05, 3.63) is 87.6 Å². The van der Waals surface area contributed by atoms with Gasteiger partial charge in [-0.1, -0.05) is 35.9 Å². The van der Waals surface area contributed by atoms with Crippen LogP contribution in [0.5, 0.6) is 11.5 Å². The molecule has 1 N–H and O–H groups in total. The maximum atomic E-state index is 12.6. The number of ether oxygens (including phenoxy) is 2. The van der Waals surface area contributed by atoms with Crippen molar-refractivity contribution in [3.63, 3.8) is 0 Å². The van der Waals surface area contributed by atoms with Gasteiger partial charge in [0.15, 0.2) is 5.84 Å². The number of aliphatic imine (C=N–C) groups is 1. The standard InChI is InChI=1S/C25H20N4O3S2/c1-16-4-8-18(9-5-16)31-12-13-32-19-10-6-17(7-11-19)15-20-22(26)29-25(27-23(20)30)34-24(28-29)21-3-2-14-33-21/h2-11,14-15,26H,12-13H2,1H3/b20-15-,26-22?. The first-order valence-electron chi connectivity index (χ1n) is 10.5. The smallest absolute Gasteiger partial charge is 0.283 e. The van der Waals surface area contributed by atoms with E-state index in [0.29, 0.717) is 24.1 Å². The first kappa shape index (κ1) is 22.1. The Morgan fingerprint density at radius 2 is 1.68 bits per heavy atom. The molecule has 170 valence electrons. The van der Waals surface area contributed by atoms with E-state index in [9.17, 15) is 4.79 Å². The lowest BCUT2D eigenvalue weighted by molar-refractivity contribution is -0.114. The number of thioether (sulfide) groups is 1. The summed E-state index contributed by atoms with van der Waals surface area (Å²) in [5.74, 6) is 1.08. The fourth-order valence-electron chi connectivity index (χ4n) is 3.27. The Labute approximate surface area is 204 Å². The van der Waals surface area contributed by atoms with Crippen LogP contribution in [0.1, 0.15) is 16.0 Å². The molecule has 5 rings (SSSR count). The number of fused-ring (bicyclic) bond motifs is 1. The number of thiophene rings is 1. The highest BCUT2D eigenvalue weighted by Gasteiger charge is 2.36. The van der Waals surface area contributed by atoms with Crippen molar-refractivity contribution in [3.8, 4) is 11.5 Å². The second-order valence-corrected chi connectivity index (χ2v) is 9.39. The predicted octanol–water partition coefficient (Wildman–Crippen LogP) is 5.18. The molecule has 2 aromatic carbocycles. The molecule has 0 unspecified atom stereocenters. The number of rotatable bonds is 7. The van der Waals surface area contributed by atoms with Gasteiger partial charge in [-0.3, -0.25) is 10.2 Å². The number of nitrogens with one attached hydrogen (secondary N) is 1. The van der Waals surface area contributed by atoms with E-state index in [4.69, 9.17) is 14.9 Å². The molecule has 0 radical (unpaired) electrons. The molecule has 3 aromatic rings. The first-order chi connectivity index (χ1) is 16.6. The van der Waals surface area contributed by atoms with Crippen molar-refractivity contribution >= 4 is 51.1 Å². The zero-order valence-corrected chi connectivity index (χ0v) is 19.9. The Hall–Kier alpha value is -3.69. The monoisotopic (exact) mass is 488 g/mol. The van der Waals surface area contributed by atoms with Crippen molar-refractivity contribution in [1.82, 2.24) is 5.01 Å². The number of amides is 1. The fourth-order valence-corrected chi connectivity index (χ4v) is 4.96. The van der Waals surface area contributed by atoms with Gasteiger partial charge in [-0.25, -0.2) is 0 Å². The average Bonchev–Trinajstić information content (AvgIpc) is 3.52. The summed E-state index contributed by atoms with van der Waals surface area (Å²) in [6.45, 7) is 2.88. The van der Waals surface area contributed by atoms with E-state index in [2.05, 4.69) is 10.1 Å². The van der Waals surface area contributed by atoms with E-state index in [1.807, 2.05) is 73.0 Å². The molecule has 2 aliphatic rings. The third-order valence-electron chi connectivity index (χ3n) is 5.02. The highest BCUT2D eigenvalue weighted by molar-refractivity contribution is 8.27. The largest absolute Gasteiger partial charge is 0.490 e. The molecule has 9 heteroatoms. The van der Waals surface area contributed by atoms with Gasteiger partial charge < -0.3 is 9.47 Å². The van der Waals surface area contributed by atoms with E-state index >= 15 is 0 Å². The van der Waals surface area contributed by atoms with Gasteiger partial charge in [0.25, 0.3) is 5.91 Å². The van der Waals surface area contributed by atoms with Gasteiger partial charge in [0, 0.05) is 0 Å². The maximum absolute atomic E-state index is 12.6. The van der Waals surface area contributed by atoms with Crippen LogP contribution < -0.4 is 9.47 Å². The number of aryl methyl sites for hydroxylation is 1. The Morgan fingerprint density at radius 3 is 2.32 bits per heavy atom. The molecule has 0 spiro atoms. The van der Waals surface area contributed by atoms with Crippen LogP contribution in [0.3, 0.4) is 0 Å². The molecule has 0 bridgehead atoms. The number of hydrazone groups is 1. The molecule has 2 aliphatic heterocycles. The summed E-state index contributed by atoms with van der Waals surface area (Å²) < 4.78 is 11.4. The van der Waals surface area contributed by atoms with Crippen molar-refractivity contribution < 1.29 is 14.3 Å². The molecule has 34 heavy (non-hydrogen) atoms. The molecule has 0 fully saturated rings. The average molecular weight is 489 g/mol. The molecule has 1 aromatic heterocycles. The summed E-state index contributed by atoms with van der Waals surface area (Å²) in [6.07, 6.45) is 1.65. The molecule has 0 saturated heterocycles. The van der Waals surface area contributed by atoms with Crippen molar-refractivity contribution in [2.45, 2.75) is 6.92 Å². The van der Waals surface area contributed by atoms with Crippen molar-refractivity contribution in [2.75, 3.05) is 13.2 Å². The van der Waals surface area contributed by atoms with Crippen LogP contribution in [0.2, 0.25) is 0 Å². The molecule has 7 nitrogen and oxygen atoms in total. The molecule has 0 saturated carbocycles. The van der Waals surface area contributed by atoms with Gasteiger partial charge in [-0.2, -0.15) is 15.1 Å². The number of carbonyl (C=O) groups excluding carboxylic acids is 1. The second-order valence-electron chi connectivity index (χ2n) is 7.48. The van der Waals surface area contributed by atoms with Crippen LogP contribution in [0.25, 0.3) is 6.08 Å². The van der Waals surface area contributed by atoms with Crippen molar-refractivity contribution in [1.29, 1.82) is 5.41 Å². The lowest BCUT2D eigenvalue weighted by Gasteiger charge is -2.20. The van der Waals surface area contributed by atoms with Crippen molar-refractivity contribution in [2.24, 2.45) is 10.1 Å². The van der Waals surface area contributed by atoms with Crippen LogP contribution >= 0.6 is 23.1 Å². The van der Waals surface area contributed by atoms with Gasteiger partial charge in [0.1, 0.15) is 29.8 Å². The van der Waals surface area contributed by atoms with Crippen LogP contribution in [0.4, 0.5) is 0 Å². The van der Waals surface area contributed by atoms with E-state index in [1.54, 1.807) is 17.4 Å². The summed E-state index contributed by atoms with van der Waals surface area (Å²) in [6, 6.07) is 19.1. The third kappa shape index (κ3) is 4.80. The van der Waals surface area contributed by atoms with Gasteiger partial charge >= 0.3 is 0 Å². The number of hydrogen-bond donors (Lipinski definition) is 1. The third-order valence-corrected chi connectivity index (χ3v) is 6.97. The normalized spacial score (nSPS) is 16.4. The SMILES string of the molecule is Cc1ccc(OCCOc2ccc(/C=C3/C(=N)N4N=C(c5cccs5)SC4=NC3=O)cc2)cc1. The molecule has 1 amide bonds. The van der Waals surface area contributed by atoms with Crippen LogP contribution in [-0.4, -0.2) is 40.2 Å². The van der Waals surface area contributed by atoms with E-state index in [-0.39, 0.29) is 11.4 Å². The van der Waals surface area contributed by atoms with Gasteiger partial charge in [-0.15, -0.1) is 11.3 Å². The molecular formula is C25H20N4O3S2. The minimum absolute atomic E-state index is 0.0163. The fraction of sp³-hybridized carbons (Fsp3) is 0.120. The summed E-state index contributed by atoms with van der Waals surface area (Å²) in [5.41, 5.74) is 2.15.